The number of piperazine rings is 1. The minimum atomic E-state index is 0.203. The van der Waals surface area contributed by atoms with E-state index in [4.69, 9.17) is 0 Å². The van der Waals surface area contributed by atoms with Crippen LogP contribution < -0.4 is 0 Å². The Balaban J connectivity index is 1.85. The van der Waals surface area contributed by atoms with E-state index in [1.807, 2.05) is 6.08 Å². The van der Waals surface area contributed by atoms with Crippen molar-refractivity contribution in [3.63, 3.8) is 0 Å². The second-order valence-electron chi connectivity index (χ2n) is 7.75. The van der Waals surface area contributed by atoms with E-state index in [0.717, 1.165) is 58.7 Å². The molecule has 0 N–H and O–H groups in total. The van der Waals surface area contributed by atoms with Gasteiger partial charge in [0.2, 0.25) is 5.91 Å². The number of nitrogens with zero attached hydrogens (tertiary/aromatic N) is 3. The number of carbonyl (C=O) groups excluding carboxylic acids is 1. The summed E-state index contributed by atoms with van der Waals surface area (Å²) in [4.78, 5) is 19.9. The Labute approximate surface area is 142 Å². The quantitative estimate of drug-likeness (QED) is 0.704. The van der Waals surface area contributed by atoms with E-state index in [1.165, 1.54) is 6.42 Å². The van der Waals surface area contributed by atoms with Gasteiger partial charge >= 0.3 is 0 Å². The number of likely N-dealkylation sites (tertiary alicyclic amines) is 1. The summed E-state index contributed by atoms with van der Waals surface area (Å²) in [5, 5.41) is 0. The zero-order valence-corrected chi connectivity index (χ0v) is 15.4. The zero-order chi connectivity index (χ0) is 16.9. The molecule has 2 aliphatic rings. The molecule has 4 nitrogen and oxygen atoms in total. The van der Waals surface area contributed by atoms with E-state index < -0.39 is 0 Å². The van der Waals surface area contributed by atoms with Crippen molar-refractivity contribution in [2.45, 2.75) is 52.5 Å². The lowest BCUT2D eigenvalue weighted by molar-refractivity contribution is -0.139. The van der Waals surface area contributed by atoms with Gasteiger partial charge in [0, 0.05) is 51.7 Å². The van der Waals surface area contributed by atoms with Gasteiger partial charge in [-0.15, -0.1) is 6.58 Å². The summed E-state index contributed by atoms with van der Waals surface area (Å²) in [6.45, 7) is 18.2. The smallest absolute Gasteiger partial charge is 0.224 e. The van der Waals surface area contributed by atoms with Crippen molar-refractivity contribution < 1.29 is 4.79 Å². The van der Waals surface area contributed by atoms with Crippen LogP contribution in [0.25, 0.3) is 0 Å². The molecule has 1 amide bonds. The van der Waals surface area contributed by atoms with Crippen LogP contribution in [-0.4, -0.2) is 72.5 Å². The van der Waals surface area contributed by atoms with Gasteiger partial charge in [0.1, 0.15) is 0 Å². The maximum Gasteiger partial charge on any atom is 0.224 e. The number of carbonyl (C=O) groups is 1. The van der Waals surface area contributed by atoms with E-state index in [2.05, 4.69) is 42.0 Å². The Kier molecular flexibility index (Phi) is 6.66. The fraction of sp³-hybridized carbons (Fsp3) is 0.842. The SMILES string of the molecule is C=CCC1N(C(=O)CCN2CCN(CC)CC2)CCCC1(C)C. The van der Waals surface area contributed by atoms with Crippen LogP contribution in [0, 0.1) is 5.41 Å². The van der Waals surface area contributed by atoms with E-state index >= 15 is 0 Å². The third-order valence-corrected chi connectivity index (χ3v) is 5.76. The largest absolute Gasteiger partial charge is 0.339 e. The molecule has 2 aliphatic heterocycles. The van der Waals surface area contributed by atoms with E-state index in [0.29, 0.717) is 18.4 Å². The first-order chi connectivity index (χ1) is 11.0. The highest BCUT2D eigenvalue weighted by Crippen LogP contribution is 2.37. The molecule has 0 aromatic rings. The van der Waals surface area contributed by atoms with Crippen LogP contribution in [0.3, 0.4) is 0 Å². The van der Waals surface area contributed by atoms with Crippen LogP contribution in [0.1, 0.15) is 46.5 Å². The molecule has 0 saturated carbocycles. The molecule has 0 aliphatic carbocycles. The minimum Gasteiger partial charge on any atom is -0.339 e. The highest BCUT2D eigenvalue weighted by molar-refractivity contribution is 5.77. The van der Waals surface area contributed by atoms with Gasteiger partial charge in [0.15, 0.2) is 0 Å². The third kappa shape index (κ3) is 4.80. The predicted octanol–water partition coefficient (Wildman–Crippen LogP) is 2.61. The summed E-state index contributed by atoms with van der Waals surface area (Å²) < 4.78 is 0. The predicted molar refractivity (Wildman–Crippen MR) is 96.5 cm³/mol. The molecule has 2 rings (SSSR count). The van der Waals surface area contributed by atoms with Crippen molar-refractivity contribution in [3.05, 3.63) is 12.7 Å². The molecule has 0 aromatic heterocycles. The van der Waals surface area contributed by atoms with Gasteiger partial charge in [0.25, 0.3) is 0 Å². The number of rotatable bonds is 6. The van der Waals surface area contributed by atoms with Gasteiger partial charge in [-0.2, -0.15) is 0 Å². The van der Waals surface area contributed by atoms with Crippen LogP contribution in [0.4, 0.5) is 0 Å². The van der Waals surface area contributed by atoms with Gasteiger partial charge in [-0.05, 0) is 31.2 Å². The lowest BCUT2D eigenvalue weighted by Gasteiger charge is -2.46. The number of hydrogen-bond acceptors (Lipinski definition) is 3. The number of likely N-dealkylation sites (N-methyl/N-ethyl adjacent to an activating group) is 1. The molecular weight excluding hydrogens is 286 g/mol. The molecule has 1 atom stereocenters. The van der Waals surface area contributed by atoms with Crippen LogP contribution in [0.5, 0.6) is 0 Å². The molecule has 1 unspecified atom stereocenters. The monoisotopic (exact) mass is 321 g/mol. The van der Waals surface area contributed by atoms with Crippen molar-refractivity contribution in [3.8, 4) is 0 Å². The Bertz CT molecular complexity index is 399. The normalized spacial score (nSPS) is 26.2. The van der Waals surface area contributed by atoms with Crippen molar-refractivity contribution in [2.24, 2.45) is 5.41 Å². The average molecular weight is 322 g/mol. The summed E-state index contributed by atoms with van der Waals surface area (Å²) in [5.41, 5.74) is 0.203. The van der Waals surface area contributed by atoms with E-state index in [1.54, 1.807) is 0 Å². The third-order valence-electron chi connectivity index (χ3n) is 5.76. The topological polar surface area (TPSA) is 26.8 Å². The van der Waals surface area contributed by atoms with Gasteiger partial charge in [-0.1, -0.05) is 26.8 Å². The number of piperidine rings is 1. The molecule has 0 spiro atoms. The van der Waals surface area contributed by atoms with Crippen molar-refractivity contribution >= 4 is 5.91 Å². The zero-order valence-electron chi connectivity index (χ0n) is 15.4. The molecule has 4 heteroatoms. The second-order valence-corrected chi connectivity index (χ2v) is 7.75. The molecule has 23 heavy (non-hydrogen) atoms. The van der Waals surface area contributed by atoms with E-state index in [-0.39, 0.29) is 5.41 Å². The summed E-state index contributed by atoms with van der Waals surface area (Å²) in [6, 6.07) is 0.318. The van der Waals surface area contributed by atoms with Gasteiger partial charge in [-0.25, -0.2) is 0 Å². The van der Waals surface area contributed by atoms with Gasteiger partial charge in [0.05, 0.1) is 0 Å². The molecule has 2 saturated heterocycles. The maximum atomic E-state index is 12.8. The fourth-order valence-electron chi connectivity index (χ4n) is 4.08. The Morgan fingerprint density at radius 3 is 2.43 bits per heavy atom. The highest BCUT2D eigenvalue weighted by Gasteiger charge is 2.38. The van der Waals surface area contributed by atoms with Gasteiger partial charge in [-0.3, -0.25) is 4.79 Å². The molecule has 0 aromatic carbocycles. The molecule has 0 bridgehead atoms. The Morgan fingerprint density at radius 2 is 1.83 bits per heavy atom. The number of amides is 1. The number of hydrogen-bond donors (Lipinski definition) is 0. The standard InChI is InChI=1S/C19H35N3O/c1-5-8-17-19(3,4)10-7-11-22(17)18(23)9-12-21-15-13-20(6-2)14-16-21/h5,17H,1,6-16H2,2-4H3. The molecule has 132 valence electrons. The minimum absolute atomic E-state index is 0.203. The first-order valence-corrected chi connectivity index (χ1v) is 9.33. The lowest BCUT2D eigenvalue weighted by Crippen LogP contribution is -2.53. The first kappa shape index (κ1) is 18.5. The maximum absolute atomic E-state index is 12.8. The fourth-order valence-corrected chi connectivity index (χ4v) is 4.08. The molecule has 0 radical (unpaired) electrons. The Hall–Kier alpha value is -0.870. The summed E-state index contributed by atoms with van der Waals surface area (Å²) in [6.07, 6.45) is 5.88. The lowest BCUT2D eigenvalue weighted by atomic mass is 9.75. The molecule has 2 heterocycles. The second kappa shape index (κ2) is 8.29. The summed E-state index contributed by atoms with van der Waals surface area (Å²) in [7, 11) is 0. The van der Waals surface area contributed by atoms with Crippen LogP contribution >= 0.6 is 0 Å². The van der Waals surface area contributed by atoms with Gasteiger partial charge < -0.3 is 14.7 Å². The first-order valence-electron chi connectivity index (χ1n) is 9.33. The summed E-state index contributed by atoms with van der Waals surface area (Å²) in [5.74, 6) is 0.336. The molecule has 2 fully saturated rings. The van der Waals surface area contributed by atoms with Crippen molar-refractivity contribution in [1.29, 1.82) is 0 Å². The highest BCUT2D eigenvalue weighted by atomic mass is 16.2. The Morgan fingerprint density at radius 1 is 1.17 bits per heavy atom. The van der Waals surface area contributed by atoms with Crippen LogP contribution in [0.2, 0.25) is 0 Å². The van der Waals surface area contributed by atoms with Crippen LogP contribution in [-0.2, 0) is 4.79 Å². The van der Waals surface area contributed by atoms with Crippen LogP contribution in [0.15, 0.2) is 12.7 Å². The molecular formula is C19H35N3O. The van der Waals surface area contributed by atoms with E-state index in [9.17, 15) is 4.79 Å². The van der Waals surface area contributed by atoms with Crippen molar-refractivity contribution in [1.82, 2.24) is 14.7 Å². The van der Waals surface area contributed by atoms with Crippen molar-refractivity contribution in [2.75, 3.05) is 45.8 Å². The average Bonchev–Trinajstić information content (AvgIpc) is 2.55. The summed E-state index contributed by atoms with van der Waals surface area (Å²) >= 11 is 0.